The highest BCUT2D eigenvalue weighted by Gasteiger charge is 2.44. The second kappa shape index (κ2) is 3.80. The molecule has 1 aromatic rings. The Morgan fingerprint density at radius 3 is 2.78 bits per heavy atom. The summed E-state index contributed by atoms with van der Waals surface area (Å²) in [5, 5.41) is 0. The molecular formula is C13H14FN3O. The minimum atomic E-state index is -0.328. The summed E-state index contributed by atoms with van der Waals surface area (Å²) in [5.74, 6) is 0.0238. The van der Waals surface area contributed by atoms with E-state index in [-0.39, 0.29) is 23.9 Å². The zero-order valence-corrected chi connectivity index (χ0v) is 10.1. The van der Waals surface area contributed by atoms with Gasteiger partial charge in [-0.25, -0.2) is 9.18 Å². The summed E-state index contributed by atoms with van der Waals surface area (Å²) in [6.45, 7) is 1.82. The number of aryl methyl sites for hydroxylation is 1. The first-order valence-corrected chi connectivity index (χ1v) is 6.00. The fraction of sp³-hybridized carbons (Fsp3) is 0.385. The van der Waals surface area contributed by atoms with Crippen LogP contribution in [0.2, 0.25) is 0 Å². The number of hydrogen-bond acceptors (Lipinski definition) is 2. The van der Waals surface area contributed by atoms with E-state index >= 15 is 0 Å². The minimum Gasteiger partial charge on any atom is -0.385 e. The van der Waals surface area contributed by atoms with Crippen molar-refractivity contribution < 1.29 is 9.18 Å². The Hall–Kier alpha value is -1.91. The van der Waals surface area contributed by atoms with Crippen molar-refractivity contribution in [3.8, 4) is 0 Å². The topological polar surface area (TPSA) is 58.7 Å². The molecule has 1 saturated carbocycles. The SMILES string of the molecule is Cc1cc(F)ccc1C1C(N)=NC(=O)N1C1CC1. The largest absolute Gasteiger partial charge is 0.385 e. The van der Waals surface area contributed by atoms with Gasteiger partial charge in [0.05, 0.1) is 0 Å². The first kappa shape index (κ1) is 11.2. The van der Waals surface area contributed by atoms with E-state index in [1.165, 1.54) is 12.1 Å². The molecule has 0 aromatic heterocycles. The highest BCUT2D eigenvalue weighted by atomic mass is 19.1. The van der Waals surface area contributed by atoms with Gasteiger partial charge < -0.3 is 10.6 Å². The molecule has 5 heteroatoms. The molecule has 0 spiro atoms. The van der Waals surface area contributed by atoms with E-state index in [1.807, 2.05) is 6.92 Å². The number of nitrogens with two attached hydrogens (primary N) is 1. The highest BCUT2D eigenvalue weighted by molar-refractivity contribution is 6.03. The molecule has 1 aliphatic heterocycles. The molecule has 1 heterocycles. The number of amides is 2. The van der Waals surface area contributed by atoms with Gasteiger partial charge in [0.2, 0.25) is 0 Å². The summed E-state index contributed by atoms with van der Waals surface area (Å²) < 4.78 is 13.1. The van der Waals surface area contributed by atoms with Crippen molar-refractivity contribution >= 4 is 11.9 Å². The zero-order valence-electron chi connectivity index (χ0n) is 10.1. The number of nitrogens with zero attached hydrogens (tertiary/aromatic N) is 2. The Morgan fingerprint density at radius 1 is 1.44 bits per heavy atom. The van der Waals surface area contributed by atoms with E-state index in [2.05, 4.69) is 4.99 Å². The zero-order chi connectivity index (χ0) is 12.9. The number of carbonyl (C=O) groups excluding carboxylic acids is 1. The van der Waals surface area contributed by atoms with Gasteiger partial charge >= 0.3 is 6.03 Å². The van der Waals surface area contributed by atoms with Gasteiger partial charge in [0, 0.05) is 6.04 Å². The number of halogens is 1. The lowest BCUT2D eigenvalue weighted by Crippen LogP contribution is -2.35. The molecule has 2 amide bonds. The second-order valence-corrected chi connectivity index (χ2v) is 4.86. The lowest BCUT2D eigenvalue weighted by molar-refractivity contribution is 0.203. The van der Waals surface area contributed by atoms with Crippen molar-refractivity contribution in [3.05, 3.63) is 35.1 Å². The van der Waals surface area contributed by atoms with Crippen molar-refractivity contribution in [1.29, 1.82) is 0 Å². The van der Waals surface area contributed by atoms with Crippen molar-refractivity contribution in [2.75, 3.05) is 0 Å². The molecule has 2 aliphatic rings. The summed E-state index contributed by atoms with van der Waals surface area (Å²) in [7, 11) is 0. The maximum absolute atomic E-state index is 13.1. The molecule has 3 rings (SSSR count). The maximum atomic E-state index is 13.1. The monoisotopic (exact) mass is 247 g/mol. The number of carbonyl (C=O) groups is 1. The van der Waals surface area contributed by atoms with Gasteiger partial charge in [0.1, 0.15) is 17.7 Å². The van der Waals surface area contributed by atoms with E-state index in [9.17, 15) is 9.18 Å². The smallest absolute Gasteiger partial charge is 0.346 e. The number of urea groups is 1. The van der Waals surface area contributed by atoms with Crippen LogP contribution >= 0.6 is 0 Å². The van der Waals surface area contributed by atoms with Crippen LogP contribution in [0.1, 0.15) is 30.0 Å². The number of amidine groups is 1. The van der Waals surface area contributed by atoms with Gasteiger partial charge in [0.15, 0.2) is 0 Å². The molecule has 4 nitrogen and oxygen atoms in total. The van der Waals surface area contributed by atoms with Crippen LogP contribution in [0.15, 0.2) is 23.2 Å². The molecule has 0 radical (unpaired) electrons. The molecule has 0 bridgehead atoms. The Labute approximate surface area is 104 Å². The number of rotatable bonds is 2. The van der Waals surface area contributed by atoms with Gasteiger partial charge in [-0.05, 0) is 43.0 Å². The average molecular weight is 247 g/mol. The summed E-state index contributed by atoms with van der Waals surface area (Å²) >= 11 is 0. The van der Waals surface area contributed by atoms with Crippen LogP contribution in [0.25, 0.3) is 0 Å². The Balaban J connectivity index is 2.03. The Kier molecular flexibility index (Phi) is 2.36. The minimum absolute atomic E-state index is 0.233. The Morgan fingerprint density at radius 2 is 2.17 bits per heavy atom. The van der Waals surface area contributed by atoms with Crippen LogP contribution in [-0.4, -0.2) is 22.8 Å². The molecule has 1 aliphatic carbocycles. The van der Waals surface area contributed by atoms with Gasteiger partial charge in [-0.1, -0.05) is 6.07 Å². The summed E-state index contributed by atoms with van der Waals surface area (Å²) in [4.78, 5) is 17.4. The molecule has 2 N–H and O–H groups in total. The number of hydrogen-bond donors (Lipinski definition) is 1. The van der Waals surface area contributed by atoms with Gasteiger partial charge in [-0.2, -0.15) is 4.99 Å². The van der Waals surface area contributed by atoms with Crippen LogP contribution in [0.4, 0.5) is 9.18 Å². The van der Waals surface area contributed by atoms with Crippen molar-refractivity contribution in [1.82, 2.24) is 4.90 Å². The van der Waals surface area contributed by atoms with E-state index in [0.29, 0.717) is 5.84 Å². The summed E-state index contributed by atoms with van der Waals surface area (Å²) in [5.41, 5.74) is 7.51. The molecule has 1 atom stereocenters. The molecule has 0 saturated heterocycles. The van der Waals surface area contributed by atoms with Gasteiger partial charge in [-0.3, -0.25) is 0 Å². The molecule has 18 heavy (non-hydrogen) atoms. The van der Waals surface area contributed by atoms with Crippen LogP contribution in [0.5, 0.6) is 0 Å². The first-order chi connectivity index (χ1) is 8.58. The number of aliphatic imine (C=N–C) groups is 1. The average Bonchev–Trinajstić information content (AvgIpc) is 3.06. The molecule has 1 fully saturated rings. The van der Waals surface area contributed by atoms with Crippen LogP contribution in [0.3, 0.4) is 0 Å². The molecular weight excluding hydrogens is 233 g/mol. The fourth-order valence-corrected chi connectivity index (χ4v) is 2.46. The predicted molar refractivity (Wildman–Crippen MR) is 65.8 cm³/mol. The first-order valence-electron chi connectivity index (χ1n) is 6.00. The third kappa shape index (κ3) is 1.66. The summed E-state index contributed by atoms with van der Waals surface area (Å²) in [6.07, 6.45) is 1.98. The Bertz CT molecular complexity index is 551. The molecule has 1 aromatic carbocycles. The van der Waals surface area contributed by atoms with Crippen molar-refractivity contribution in [3.63, 3.8) is 0 Å². The standard InChI is InChI=1S/C13H14FN3O/c1-7-6-8(14)2-5-10(7)11-12(15)16-13(18)17(11)9-3-4-9/h2,5-6,9,11H,3-4H2,1H3,(H2,15,16,18). The van der Waals surface area contributed by atoms with E-state index in [4.69, 9.17) is 5.73 Å². The van der Waals surface area contributed by atoms with Crippen LogP contribution in [-0.2, 0) is 0 Å². The third-order valence-corrected chi connectivity index (χ3v) is 3.47. The number of benzene rings is 1. The van der Waals surface area contributed by atoms with Crippen LogP contribution in [0, 0.1) is 12.7 Å². The summed E-state index contributed by atoms with van der Waals surface area (Å²) in [6, 6.07) is 4.16. The van der Waals surface area contributed by atoms with Gasteiger partial charge in [-0.15, -0.1) is 0 Å². The lowest BCUT2D eigenvalue weighted by Gasteiger charge is -2.25. The maximum Gasteiger partial charge on any atom is 0.346 e. The normalized spacial score (nSPS) is 23.4. The van der Waals surface area contributed by atoms with Gasteiger partial charge in [0.25, 0.3) is 0 Å². The van der Waals surface area contributed by atoms with Crippen molar-refractivity contribution in [2.24, 2.45) is 10.7 Å². The van der Waals surface area contributed by atoms with E-state index in [1.54, 1.807) is 11.0 Å². The third-order valence-electron chi connectivity index (χ3n) is 3.47. The predicted octanol–water partition coefficient (Wildman–Crippen LogP) is 2.13. The van der Waals surface area contributed by atoms with E-state index < -0.39 is 0 Å². The van der Waals surface area contributed by atoms with Crippen LogP contribution < -0.4 is 5.73 Å². The highest BCUT2D eigenvalue weighted by Crippen LogP contribution is 2.38. The second-order valence-electron chi connectivity index (χ2n) is 4.86. The quantitative estimate of drug-likeness (QED) is 0.870. The molecule has 94 valence electrons. The van der Waals surface area contributed by atoms with E-state index in [0.717, 1.165) is 24.0 Å². The molecule has 1 unspecified atom stereocenters. The fourth-order valence-electron chi connectivity index (χ4n) is 2.46. The lowest BCUT2D eigenvalue weighted by atomic mass is 9.99. The van der Waals surface area contributed by atoms with Crippen molar-refractivity contribution in [2.45, 2.75) is 31.8 Å².